The van der Waals surface area contributed by atoms with Gasteiger partial charge in [-0.05, 0) is 44.4 Å². The van der Waals surface area contributed by atoms with Gasteiger partial charge in [-0.1, -0.05) is 18.7 Å². The lowest BCUT2D eigenvalue weighted by molar-refractivity contribution is -0.175. The number of hydrogen-bond acceptors (Lipinski definition) is 5. The Bertz CT molecular complexity index is 724. The highest BCUT2D eigenvalue weighted by molar-refractivity contribution is 6.13. The van der Waals surface area contributed by atoms with Crippen LogP contribution < -0.4 is 5.32 Å². The molecule has 1 aromatic carbocycles. The van der Waals surface area contributed by atoms with Gasteiger partial charge in [0.2, 0.25) is 5.91 Å². The third-order valence-electron chi connectivity index (χ3n) is 4.85. The zero-order valence-corrected chi connectivity index (χ0v) is 15.6. The van der Waals surface area contributed by atoms with E-state index in [0.29, 0.717) is 12.8 Å². The number of Topliss-reactive ketones (excluding diaryl/α,β-unsaturated/α-hetero) is 1. The Hall–Kier alpha value is -2.47. The molecule has 0 radical (unpaired) electrons. The summed E-state index contributed by atoms with van der Waals surface area (Å²) in [6.07, 6.45) is 0.0590. The Morgan fingerprint density at radius 1 is 1.31 bits per heavy atom. The van der Waals surface area contributed by atoms with E-state index < -0.39 is 23.6 Å². The number of methoxy groups -OCH3 is 1. The number of ketones is 1. The van der Waals surface area contributed by atoms with Gasteiger partial charge in [-0.3, -0.25) is 14.4 Å². The van der Waals surface area contributed by atoms with Gasteiger partial charge in [0, 0.05) is 18.2 Å². The van der Waals surface area contributed by atoms with Crippen LogP contribution in [0.3, 0.4) is 0 Å². The van der Waals surface area contributed by atoms with Crippen molar-refractivity contribution in [3.8, 4) is 0 Å². The zero-order valence-electron chi connectivity index (χ0n) is 15.6. The van der Waals surface area contributed by atoms with Crippen LogP contribution in [0.15, 0.2) is 36.4 Å². The van der Waals surface area contributed by atoms with Crippen LogP contribution in [-0.4, -0.2) is 37.0 Å². The topological polar surface area (TPSA) is 81.7 Å². The molecule has 2 rings (SSSR count). The van der Waals surface area contributed by atoms with Crippen LogP contribution in [0.25, 0.3) is 0 Å². The maximum Gasteiger partial charge on any atom is 0.322 e. The molecule has 1 N–H and O–H groups in total. The molecule has 0 bridgehead atoms. The van der Waals surface area contributed by atoms with Crippen molar-refractivity contribution in [2.45, 2.75) is 45.8 Å². The van der Waals surface area contributed by atoms with E-state index in [1.807, 2.05) is 24.3 Å². The summed E-state index contributed by atoms with van der Waals surface area (Å²) in [6, 6.07) is 7.42. The first kappa shape index (κ1) is 19.8. The largest absolute Gasteiger partial charge is 0.468 e. The molecule has 140 valence electrons. The molecule has 0 unspecified atom stereocenters. The summed E-state index contributed by atoms with van der Waals surface area (Å²) in [4.78, 5) is 36.1. The van der Waals surface area contributed by atoms with Crippen LogP contribution in [0.4, 0.5) is 5.69 Å². The minimum Gasteiger partial charge on any atom is -0.468 e. The summed E-state index contributed by atoms with van der Waals surface area (Å²) in [5.41, 5.74) is 0.622. The SMILES string of the molecule is C=C1C(=O)[C@](C)(C(=O)OC)[C@@H](CCc2ccc(NC(C)=O)cc2)O[C@H]1C. The minimum absolute atomic E-state index is 0.130. The van der Waals surface area contributed by atoms with E-state index >= 15 is 0 Å². The van der Waals surface area contributed by atoms with Gasteiger partial charge in [0.15, 0.2) is 11.2 Å². The third kappa shape index (κ3) is 3.85. The van der Waals surface area contributed by atoms with Gasteiger partial charge in [0.05, 0.1) is 19.3 Å². The Morgan fingerprint density at radius 2 is 1.92 bits per heavy atom. The molecule has 6 heteroatoms. The first-order chi connectivity index (χ1) is 12.2. The number of amides is 1. The highest BCUT2D eigenvalue weighted by Crippen LogP contribution is 2.39. The molecule has 1 aromatic rings. The number of ether oxygens (including phenoxy) is 2. The average molecular weight is 359 g/mol. The van der Waals surface area contributed by atoms with Gasteiger partial charge in [-0.15, -0.1) is 0 Å². The summed E-state index contributed by atoms with van der Waals surface area (Å²) in [5, 5.41) is 2.71. The fraction of sp³-hybridized carbons (Fsp3) is 0.450. The molecule has 1 saturated heterocycles. The lowest BCUT2D eigenvalue weighted by atomic mass is 9.72. The van der Waals surface area contributed by atoms with Gasteiger partial charge in [-0.25, -0.2) is 0 Å². The number of anilines is 1. The average Bonchev–Trinajstić information content (AvgIpc) is 2.61. The van der Waals surface area contributed by atoms with E-state index in [1.165, 1.54) is 14.0 Å². The predicted octanol–water partition coefficient (Wildman–Crippen LogP) is 2.67. The van der Waals surface area contributed by atoms with Crippen molar-refractivity contribution in [1.29, 1.82) is 0 Å². The van der Waals surface area contributed by atoms with E-state index in [2.05, 4.69) is 11.9 Å². The van der Waals surface area contributed by atoms with Crippen molar-refractivity contribution in [1.82, 2.24) is 0 Å². The number of hydrogen-bond donors (Lipinski definition) is 1. The lowest BCUT2D eigenvalue weighted by Gasteiger charge is -2.41. The van der Waals surface area contributed by atoms with E-state index in [-0.39, 0.29) is 17.3 Å². The summed E-state index contributed by atoms with van der Waals surface area (Å²) in [6.45, 7) is 8.52. The van der Waals surface area contributed by atoms with Crippen LogP contribution in [0.1, 0.15) is 32.8 Å². The van der Waals surface area contributed by atoms with Crippen LogP contribution in [0, 0.1) is 5.41 Å². The van der Waals surface area contributed by atoms with Crippen molar-refractivity contribution in [2.24, 2.45) is 5.41 Å². The zero-order chi connectivity index (χ0) is 19.5. The fourth-order valence-electron chi connectivity index (χ4n) is 3.18. The van der Waals surface area contributed by atoms with Crippen molar-refractivity contribution in [3.05, 3.63) is 42.0 Å². The van der Waals surface area contributed by atoms with Crippen LogP contribution in [-0.2, 0) is 30.3 Å². The monoisotopic (exact) mass is 359 g/mol. The first-order valence-corrected chi connectivity index (χ1v) is 8.54. The van der Waals surface area contributed by atoms with Gasteiger partial charge < -0.3 is 14.8 Å². The Labute approximate surface area is 153 Å². The molecule has 0 aromatic heterocycles. The Balaban J connectivity index is 2.15. The minimum atomic E-state index is -1.39. The second-order valence-electron chi connectivity index (χ2n) is 6.73. The molecular formula is C20H25NO5. The normalized spacial score (nSPS) is 25.7. The van der Waals surface area contributed by atoms with Crippen molar-refractivity contribution in [3.63, 3.8) is 0 Å². The fourth-order valence-corrected chi connectivity index (χ4v) is 3.18. The Kier molecular flexibility index (Phi) is 5.97. The number of benzene rings is 1. The summed E-state index contributed by atoms with van der Waals surface area (Å²) in [5.74, 6) is -1.06. The number of carbonyl (C=O) groups excluding carboxylic acids is 3. The van der Waals surface area contributed by atoms with Crippen LogP contribution >= 0.6 is 0 Å². The van der Waals surface area contributed by atoms with Crippen molar-refractivity contribution < 1.29 is 23.9 Å². The molecule has 6 nitrogen and oxygen atoms in total. The number of aryl methyl sites for hydroxylation is 1. The molecule has 0 spiro atoms. The van der Waals surface area contributed by atoms with Crippen LogP contribution in [0.2, 0.25) is 0 Å². The molecular weight excluding hydrogens is 334 g/mol. The molecule has 26 heavy (non-hydrogen) atoms. The maximum atomic E-state index is 12.7. The maximum absolute atomic E-state index is 12.7. The second kappa shape index (κ2) is 7.83. The van der Waals surface area contributed by atoms with E-state index in [9.17, 15) is 14.4 Å². The summed E-state index contributed by atoms with van der Waals surface area (Å²) in [7, 11) is 1.26. The number of esters is 1. The summed E-state index contributed by atoms with van der Waals surface area (Å²) < 4.78 is 10.8. The van der Waals surface area contributed by atoms with Gasteiger partial charge in [0.25, 0.3) is 0 Å². The van der Waals surface area contributed by atoms with E-state index in [0.717, 1.165) is 11.3 Å². The quantitative estimate of drug-likeness (QED) is 0.497. The first-order valence-electron chi connectivity index (χ1n) is 8.54. The van der Waals surface area contributed by atoms with E-state index in [4.69, 9.17) is 9.47 Å². The number of rotatable bonds is 5. The predicted molar refractivity (Wildman–Crippen MR) is 97.7 cm³/mol. The summed E-state index contributed by atoms with van der Waals surface area (Å²) >= 11 is 0. The molecule has 3 atom stereocenters. The van der Waals surface area contributed by atoms with E-state index in [1.54, 1.807) is 13.8 Å². The van der Waals surface area contributed by atoms with Crippen LogP contribution in [0.5, 0.6) is 0 Å². The van der Waals surface area contributed by atoms with Gasteiger partial charge in [0.1, 0.15) is 0 Å². The molecule has 0 saturated carbocycles. The molecule has 0 aliphatic carbocycles. The number of nitrogens with one attached hydrogen (secondary N) is 1. The Morgan fingerprint density at radius 3 is 2.46 bits per heavy atom. The van der Waals surface area contributed by atoms with Crippen molar-refractivity contribution >= 4 is 23.3 Å². The molecule has 1 aliphatic heterocycles. The third-order valence-corrected chi connectivity index (χ3v) is 4.85. The van der Waals surface area contributed by atoms with Crippen molar-refractivity contribution in [2.75, 3.05) is 12.4 Å². The smallest absolute Gasteiger partial charge is 0.322 e. The molecule has 1 fully saturated rings. The lowest BCUT2D eigenvalue weighted by Crippen LogP contribution is -2.55. The highest BCUT2D eigenvalue weighted by atomic mass is 16.5. The molecule has 1 aliphatic rings. The standard InChI is InChI=1S/C20H25NO5/c1-12-13(2)26-17(20(4,18(12)23)19(24)25-5)11-8-15-6-9-16(10-7-15)21-14(3)22/h6-7,9-10,13,17H,1,8,11H2,2-5H3,(H,21,22)/t13-,17+,20+/m0/s1. The number of carbonyl (C=O) groups is 3. The van der Waals surface area contributed by atoms with Gasteiger partial charge in [-0.2, -0.15) is 0 Å². The molecule has 1 heterocycles. The highest BCUT2D eigenvalue weighted by Gasteiger charge is 2.54. The molecule has 1 amide bonds. The van der Waals surface area contributed by atoms with Gasteiger partial charge >= 0.3 is 5.97 Å². The second-order valence-corrected chi connectivity index (χ2v) is 6.73.